The molecule has 0 spiro atoms. The Hall–Kier alpha value is -3.32. The quantitative estimate of drug-likeness (QED) is 0.598. The topological polar surface area (TPSA) is 75.7 Å². The Labute approximate surface area is 182 Å². The van der Waals surface area contributed by atoms with E-state index in [0.29, 0.717) is 17.9 Å². The molecule has 31 heavy (non-hydrogen) atoms. The van der Waals surface area contributed by atoms with Crippen LogP contribution < -0.4 is 14.4 Å². The third-order valence-corrected chi connectivity index (χ3v) is 6.99. The van der Waals surface area contributed by atoms with E-state index in [1.165, 1.54) is 4.31 Å². The highest BCUT2D eigenvalue weighted by atomic mass is 32.2. The van der Waals surface area contributed by atoms with Crippen LogP contribution in [0.25, 0.3) is 11.1 Å². The molecule has 0 radical (unpaired) electrons. The highest BCUT2D eigenvalue weighted by molar-refractivity contribution is 7.93. The Kier molecular flexibility index (Phi) is 5.69. The van der Waals surface area contributed by atoms with Gasteiger partial charge < -0.3 is 10.1 Å². The van der Waals surface area contributed by atoms with Crippen LogP contribution in [0.1, 0.15) is 11.1 Å². The first-order chi connectivity index (χ1) is 14.9. The lowest BCUT2D eigenvalue weighted by Gasteiger charge is -2.31. The van der Waals surface area contributed by atoms with Gasteiger partial charge in [0.1, 0.15) is 18.9 Å². The molecule has 1 N–H and O–H groups in total. The first kappa shape index (κ1) is 20.9. The molecule has 1 amide bonds. The van der Waals surface area contributed by atoms with Crippen molar-refractivity contribution < 1.29 is 17.9 Å². The number of hydrogen-bond acceptors (Lipinski definition) is 4. The zero-order valence-corrected chi connectivity index (χ0v) is 18.3. The number of sulfonamides is 1. The maximum atomic E-state index is 13.3. The molecule has 6 nitrogen and oxygen atoms in total. The Morgan fingerprint density at radius 1 is 0.935 bits per heavy atom. The molecule has 3 aromatic rings. The van der Waals surface area contributed by atoms with Gasteiger partial charge in [0.15, 0.2) is 0 Å². The number of nitrogens with one attached hydrogen (secondary N) is 1. The van der Waals surface area contributed by atoms with Gasteiger partial charge in [-0.25, -0.2) is 8.42 Å². The predicted molar refractivity (Wildman–Crippen MR) is 121 cm³/mol. The summed E-state index contributed by atoms with van der Waals surface area (Å²) in [5, 5.41) is 2.75. The van der Waals surface area contributed by atoms with Gasteiger partial charge in [0, 0.05) is 11.1 Å². The van der Waals surface area contributed by atoms with Gasteiger partial charge in [0.2, 0.25) is 5.91 Å². The molecule has 0 aliphatic carbocycles. The highest BCUT2D eigenvalue weighted by Gasteiger charge is 2.35. The molecule has 0 unspecified atom stereocenters. The van der Waals surface area contributed by atoms with Crippen molar-refractivity contribution in [3.05, 3.63) is 77.9 Å². The minimum Gasteiger partial charge on any atom is -0.492 e. The van der Waals surface area contributed by atoms with Crippen molar-refractivity contribution in [1.29, 1.82) is 0 Å². The lowest BCUT2D eigenvalue weighted by molar-refractivity contribution is -0.119. The summed E-state index contributed by atoms with van der Waals surface area (Å²) in [4.78, 5) is 12.8. The zero-order chi connectivity index (χ0) is 22.0. The fourth-order valence-corrected chi connectivity index (χ4v) is 5.24. The summed E-state index contributed by atoms with van der Waals surface area (Å²) >= 11 is 0. The number of rotatable bonds is 6. The number of aryl methyl sites for hydroxylation is 2. The smallest absolute Gasteiger partial charge is 0.265 e. The van der Waals surface area contributed by atoms with Crippen molar-refractivity contribution in [3.8, 4) is 16.9 Å². The Bertz CT molecular complexity index is 1220. The monoisotopic (exact) mass is 436 g/mol. The molecule has 0 saturated carbocycles. The number of ether oxygens (including phenoxy) is 1. The van der Waals surface area contributed by atoms with Gasteiger partial charge in [0.25, 0.3) is 10.0 Å². The fraction of sp³-hybridized carbons (Fsp3) is 0.208. The van der Waals surface area contributed by atoms with E-state index in [-0.39, 0.29) is 23.9 Å². The molecule has 3 aromatic carbocycles. The van der Waals surface area contributed by atoms with Gasteiger partial charge in [-0.15, -0.1) is 0 Å². The SMILES string of the molecule is Cc1ccc(OCCNC(=O)CN2c3ccc(C)cc3-c3ccccc3S2(=O)=O)cc1. The number of hydrogen-bond donors (Lipinski definition) is 1. The molecule has 0 fully saturated rings. The van der Waals surface area contributed by atoms with E-state index in [2.05, 4.69) is 5.32 Å². The van der Waals surface area contributed by atoms with E-state index in [0.717, 1.165) is 22.4 Å². The maximum absolute atomic E-state index is 13.3. The minimum atomic E-state index is -3.84. The number of carbonyl (C=O) groups is 1. The van der Waals surface area contributed by atoms with E-state index in [4.69, 9.17) is 4.74 Å². The Morgan fingerprint density at radius 2 is 1.65 bits per heavy atom. The molecule has 4 rings (SSSR count). The molecule has 1 heterocycles. The first-order valence-electron chi connectivity index (χ1n) is 10.1. The van der Waals surface area contributed by atoms with Gasteiger partial charge in [-0.05, 0) is 44.2 Å². The summed E-state index contributed by atoms with van der Waals surface area (Å²) in [7, 11) is -3.84. The van der Waals surface area contributed by atoms with E-state index in [1.807, 2.05) is 56.3 Å². The number of anilines is 1. The molecule has 160 valence electrons. The number of carbonyl (C=O) groups excluding carboxylic acids is 1. The van der Waals surface area contributed by atoms with Gasteiger partial charge in [-0.3, -0.25) is 9.10 Å². The molecule has 0 bridgehead atoms. The number of nitrogens with zero attached hydrogens (tertiary/aromatic N) is 1. The van der Waals surface area contributed by atoms with Crippen molar-refractivity contribution in [1.82, 2.24) is 5.32 Å². The summed E-state index contributed by atoms with van der Waals surface area (Å²) in [5.74, 6) is 0.335. The van der Waals surface area contributed by atoms with Gasteiger partial charge in [-0.1, -0.05) is 47.5 Å². The normalized spacial score (nSPS) is 13.8. The van der Waals surface area contributed by atoms with E-state index in [9.17, 15) is 13.2 Å². The summed E-state index contributed by atoms with van der Waals surface area (Å²) in [6.45, 7) is 4.23. The van der Waals surface area contributed by atoms with Crippen molar-refractivity contribution in [2.75, 3.05) is 24.0 Å². The molecule has 7 heteroatoms. The molecule has 0 saturated heterocycles. The first-order valence-corrected chi connectivity index (χ1v) is 11.5. The summed E-state index contributed by atoms with van der Waals surface area (Å²) in [5.41, 5.74) is 4.13. The molecule has 0 atom stereocenters. The molecular formula is C24H24N2O4S. The third-order valence-electron chi connectivity index (χ3n) is 5.17. The average molecular weight is 437 g/mol. The number of amides is 1. The van der Waals surface area contributed by atoms with Gasteiger partial charge >= 0.3 is 0 Å². The van der Waals surface area contributed by atoms with Crippen LogP contribution in [-0.2, 0) is 14.8 Å². The second-order valence-electron chi connectivity index (χ2n) is 7.54. The van der Waals surface area contributed by atoms with E-state index < -0.39 is 10.0 Å². The molecule has 1 aliphatic rings. The predicted octanol–water partition coefficient (Wildman–Crippen LogP) is 3.67. The second-order valence-corrected chi connectivity index (χ2v) is 9.37. The number of benzene rings is 3. The third kappa shape index (κ3) is 4.27. The average Bonchev–Trinajstić information content (AvgIpc) is 2.76. The number of fused-ring (bicyclic) bond motifs is 3. The summed E-state index contributed by atoms with van der Waals surface area (Å²) < 4.78 is 33.3. The minimum absolute atomic E-state index is 0.212. The lowest BCUT2D eigenvalue weighted by Crippen LogP contribution is -2.43. The van der Waals surface area contributed by atoms with Crippen LogP contribution in [0.5, 0.6) is 5.75 Å². The van der Waals surface area contributed by atoms with Gasteiger partial charge in [0.05, 0.1) is 17.1 Å². The van der Waals surface area contributed by atoms with Crippen LogP contribution in [-0.4, -0.2) is 34.0 Å². The fourth-order valence-electron chi connectivity index (χ4n) is 3.60. The Balaban J connectivity index is 1.47. The van der Waals surface area contributed by atoms with E-state index in [1.54, 1.807) is 24.3 Å². The summed E-state index contributed by atoms with van der Waals surface area (Å²) in [6.07, 6.45) is 0. The molecule has 0 aromatic heterocycles. The maximum Gasteiger partial charge on any atom is 0.265 e. The second kappa shape index (κ2) is 8.43. The van der Waals surface area contributed by atoms with Crippen LogP contribution in [0.3, 0.4) is 0 Å². The van der Waals surface area contributed by atoms with Crippen LogP contribution in [0.4, 0.5) is 5.69 Å². The van der Waals surface area contributed by atoms with Crippen molar-refractivity contribution >= 4 is 21.6 Å². The highest BCUT2D eigenvalue weighted by Crippen LogP contribution is 2.43. The largest absolute Gasteiger partial charge is 0.492 e. The van der Waals surface area contributed by atoms with E-state index >= 15 is 0 Å². The molecular weight excluding hydrogens is 412 g/mol. The van der Waals surface area contributed by atoms with Crippen LogP contribution in [0.2, 0.25) is 0 Å². The van der Waals surface area contributed by atoms with Crippen LogP contribution >= 0.6 is 0 Å². The standard InChI is InChI=1S/C24H24N2O4S/c1-17-7-10-19(11-8-17)30-14-13-25-24(27)16-26-22-12-9-18(2)15-21(22)20-5-3-4-6-23(20)31(26,28)29/h3-12,15H,13-14,16H2,1-2H3,(H,25,27). The van der Waals surface area contributed by atoms with Crippen molar-refractivity contribution in [2.24, 2.45) is 0 Å². The van der Waals surface area contributed by atoms with Gasteiger partial charge in [-0.2, -0.15) is 0 Å². The lowest BCUT2D eigenvalue weighted by atomic mass is 10.0. The zero-order valence-electron chi connectivity index (χ0n) is 17.5. The van der Waals surface area contributed by atoms with Crippen LogP contribution in [0, 0.1) is 13.8 Å². The van der Waals surface area contributed by atoms with Crippen molar-refractivity contribution in [2.45, 2.75) is 18.7 Å². The molecule has 1 aliphatic heterocycles. The Morgan fingerprint density at radius 3 is 2.42 bits per heavy atom. The van der Waals surface area contributed by atoms with Crippen molar-refractivity contribution in [3.63, 3.8) is 0 Å². The van der Waals surface area contributed by atoms with Crippen LogP contribution in [0.15, 0.2) is 71.6 Å². The summed E-state index contributed by atoms with van der Waals surface area (Å²) in [6, 6.07) is 20.1.